The van der Waals surface area contributed by atoms with Crippen molar-refractivity contribution in [2.45, 2.75) is 5.75 Å². The standard InChI is InChI=1S/C13H8BrF2NO5S/c14-9-5-11(15)13(16)12(6-9)22-23(20,21)7-8-1-3-10(4-2-8)17(18)19/h1-6H,7H2. The molecule has 122 valence electrons. The largest absolute Gasteiger partial charge is 0.379 e. The highest BCUT2D eigenvalue weighted by atomic mass is 79.9. The average molecular weight is 408 g/mol. The number of nitro groups is 1. The third-order valence-corrected chi connectivity index (χ3v) is 4.25. The van der Waals surface area contributed by atoms with Gasteiger partial charge in [-0.05, 0) is 17.7 Å². The molecule has 0 N–H and O–H groups in total. The molecule has 2 aromatic carbocycles. The Hall–Kier alpha value is -2.07. The molecule has 2 aromatic rings. The molecule has 0 aliphatic carbocycles. The Morgan fingerprint density at radius 1 is 1.17 bits per heavy atom. The Balaban J connectivity index is 2.21. The summed E-state index contributed by atoms with van der Waals surface area (Å²) in [6.07, 6.45) is 0. The molecular weight excluding hydrogens is 400 g/mol. The Bertz CT molecular complexity index is 855. The molecule has 0 saturated heterocycles. The lowest BCUT2D eigenvalue weighted by Gasteiger charge is -2.09. The van der Waals surface area contributed by atoms with Crippen LogP contribution in [0.1, 0.15) is 5.56 Å². The van der Waals surface area contributed by atoms with Gasteiger partial charge < -0.3 is 4.18 Å². The van der Waals surface area contributed by atoms with Gasteiger partial charge in [-0.25, -0.2) is 4.39 Å². The highest BCUT2D eigenvalue weighted by molar-refractivity contribution is 9.10. The Morgan fingerprint density at radius 2 is 1.78 bits per heavy atom. The maximum atomic E-state index is 13.5. The van der Waals surface area contributed by atoms with Crippen LogP contribution in [0.5, 0.6) is 5.75 Å². The monoisotopic (exact) mass is 407 g/mol. The first-order valence-electron chi connectivity index (χ1n) is 5.98. The highest BCUT2D eigenvalue weighted by Gasteiger charge is 2.20. The predicted octanol–water partition coefficient (Wildman–Crippen LogP) is 3.54. The Kier molecular flexibility index (Phi) is 4.95. The third kappa shape index (κ3) is 4.45. The summed E-state index contributed by atoms with van der Waals surface area (Å²) >= 11 is 2.90. The van der Waals surface area contributed by atoms with Crippen LogP contribution in [0.3, 0.4) is 0 Å². The van der Waals surface area contributed by atoms with Crippen molar-refractivity contribution in [1.82, 2.24) is 0 Å². The van der Waals surface area contributed by atoms with E-state index in [1.165, 1.54) is 12.1 Å². The molecule has 0 aliphatic rings. The van der Waals surface area contributed by atoms with Crippen LogP contribution in [0.25, 0.3) is 0 Å². The molecule has 0 atom stereocenters. The summed E-state index contributed by atoms with van der Waals surface area (Å²) in [4.78, 5) is 9.89. The molecule has 2 rings (SSSR count). The van der Waals surface area contributed by atoms with Crippen molar-refractivity contribution in [3.63, 3.8) is 0 Å². The van der Waals surface area contributed by atoms with Gasteiger partial charge in [0, 0.05) is 16.6 Å². The fourth-order valence-corrected chi connectivity index (χ4v) is 3.14. The quantitative estimate of drug-likeness (QED) is 0.327. The minimum atomic E-state index is -4.27. The lowest BCUT2D eigenvalue weighted by molar-refractivity contribution is -0.384. The Labute approximate surface area is 138 Å². The lowest BCUT2D eigenvalue weighted by atomic mass is 10.2. The van der Waals surface area contributed by atoms with Gasteiger partial charge in [0.15, 0.2) is 11.6 Å². The maximum absolute atomic E-state index is 13.5. The van der Waals surface area contributed by atoms with Gasteiger partial charge in [0.1, 0.15) is 5.75 Å². The van der Waals surface area contributed by atoms with E-state index in [2.05, 4.69) is 20.1 Å². The van der Waals surface area contributed by atoms with E-state index in [0.29, 0.717) is 0 Å². The first-order valence-corrected chi connectivity index (χ1v) is 8.35. The van der Waals surface area contributed by atoms with Gasteiger partial charge in [0.25, 0.3) is 5.69 Å². The van der Waals surface area contributed by atoms with Crippen LogP contribution >= 0.6 is 15.9 Å². The van der Waals surface area contributed by atoms with Crippen LogP contribution in [0, 0.1) is 21.7 Å². The first-order chi connectivity index (χ1) is 10.7. The molecule has 0 radical (unpaired) electrons. The van der Waals surface area contributed by atoms with Crippen molar-refractivity contribution in [3.05, 3.63) is 68.2 Å². The number of rotatable bonds is 5. The summed E-state index contributed by atoms with van der Waals surface area (Å²) in [7, 11) is -4.27. The van der Waals surface area contributed by atoms with Gasteiger partial charge in [-0.15, -0.1) is 0 Å². The summed E-state index contributed by atoms with van der Waals surface area (Å²) in [6.45, 7) is 0. The summed E-state index contributed by atoms with van der Waals surface area (Å²) in [5.74, 6) is -4.13. The molecule has 10 heteroatoms. The van der Waals surface area contributed by atoms with Crippen LogP contribution in [0.2, 0.25) is 0 Å². The van der Waals surface area contributed by atoms with Crippen molar-refractivity contribution >= 4 is 31.7 Å². The molecule has 0 aliphatic heterocycles. The SMILES string of the molecule is O=[N+]([O-])c1ccc(CS(=O)(=O)Oc2cc(Br)cc(F)c2F)cc1. The lowest BCUT2D eigenvalue weighted by Crippen LogP contribution is -2.13. The summed E-state index contributed by atoms with van der Waals surface area (Å²) in [5, 5.41) is 10.5. The van der Waals surface area contributed by atoms with Gasteiger partial charge in [-0.2, -0.15) is 12.8 Å². The van der Waals surface area contributed by atoms with E-state index < -0.39 is 38.2 Å². The van der Waals surface area contributed by atoms with E-state index in [1.807, 2.05) is 0 Å². The van der Waals surface area contributed by atoms with Crippen molar-refractivity contribution in [3.8, 4) is 5.75 Å². The third-order valence-electron chi connectivity index (χ3n) is 2.67. The van der Waals surface area contributed by atoms with Crippen molar-refractivity contribution < 1.29 is 26.3 Å². The van der Waals surface area contributed by atoms with Crippen LogP contribution < -0.4 is 4.18 Å². The molecule has 23 heavy (non-hydrogen) atoms. The fourth-order valence-electron chi connectivity index (χ4n) is 1.68. The zero-order chi connectivity index (χ0) is 17.2. The second-order valence-corrected chi connectivity index (χ2v) is 6.90. The molecule has 0 heterocycles. The van der Waals surface area contributed by atoms with Gasteiger partial charge in [0.2, 0.25) is 5.82 Å². The number of benzene rings is 2. The predicted molar refractivity (Wildman–Crippen MR) is 80.4 cm³/mol. The average Bonchev–Trinajstić information content (AvgIpc) is 2.44. The molecule has 0 bridgehead atoms. The van der Waals surface area contributed by atoms with Crippen LogP contribution in [0.15, 0.2) is 40.9 Å². The van der Waals surface area contributed by atoms with Crippen LogP contribution in [-0.4, -0.2) is 13.3 Å². The van der Waals surface area contributed by atoms with E-state index >= 15 is 0 Å². The number of nitro benzene ring substituents is 1. The van der Waals surface area contributed by atoms with Crippen LogP contribution in [0.4, 0.5) is 14.5 Å². The summed E-state index contributed by atoms with van der Waals surface area (Å²) in [6, 6.07) is 6.53. The van der Waals surface area contributed by atoms with E-state index in [0.717, 1.165) is 24.3 Å². The fraction of sp³-hybridized carbons (Fsp3) is 0.0769. The molecule has 0 spiro atoms. The minimum absolute atomic E-state index is 0.108. The first kappa shape index (κ1) is 17.3. The smallest absolute Gasteiger partial charge is 0.313 e. The van der Waals surface area contributed by atoms with E-state index in [4.69, 9.17) is 0 Å². The molecule has 0 amide bonds. The molecule has 0 aromatic heterocycles. The normalized spacial score (nSPS) is 11.3. The van der Waals surface area contributed by atoms with E-state index in [1.54, 1.807) is 0 Å². The van der Waals surface area contributed by atoms with Crippen LogP contribution in [-0.2, 0) is 15.9 Å². The maximum Gasteiger partial charge on any atom is 0.313 e. The van der Waals surface area contributed by atoms with Crippen molar-refractivity contribution in [2.24, 2.45) is 0 Å². The molecule has 0 saturated carbocycles. The topological polar surface area (TPSA) is 86.5 Å². The zero-order valence-electron chi connectivity index (χ0n) is 11.2. The second kappa shape index (κ2) is 6.59. The van der Waals surface area contributed by atoms with Gasteiger partial charge in [-0.3, -0.25) is 10.1 Å². The number of hydrogen-bond donors (Lipinski definition) is 0. The number of non-ortho nitro benzene ring substituents is 1. The number of halogens is 3. The molecule has 0 unspecified atom stereocenters. The Morgan fingerprint density at radius 3 is 2.35 bits per heavy atom. The highest BCUT2D eigenvalue weighted by Crippen LogP contribution is 2.27. The van der Waals surface area contributed by atoms with Gasteiger partial charge in [-0.1, -0.05) is 28.1 Å². The number of hydrogen-bond acceptors (Lipinski definition) is 5. The zero-order valence-corrected chi connectivity index (χ0v) is 13.6. The molecule has 0 fully saturated rings. The number of nitrogens with zero attached hydrogens (tertiary/aromatic N) is 1. The van der Waals surface area contributed by atoms with Crippen molar-refractivity contribution in [2.75, 3.05) is 0 Å². The molecule has 6 nitrogen and oxygen atoms in total. The van der Waals surface area contributed by atoms with E-state index in [-0.39, 0.29) is 15.7 Å². The second-order valence-electron chi connectivity index (χ2n) is 4.41. The van der Waals surface area contributed by atoms with Crippen molar-refractivity contribution in [1.29, 1.82) is 0 Å². The molecular formula is C13H8BrF2NO5S. The van der Waals surface area contributed by atoms with E-state index in [9.17, 15) is 27.3 Å². The minimum Gasteiger partial charge on any atom is -0.379 e. The summed E-state index contributed by atoms with van der Waals surface area (Å²) in [5.41, 5.74) is -0.00125. The summed E-state index contributed by atoms with van der Waals surface area (Å²) < 4.78 is 55.2. The van der Waals surface area contributed by atoms with Gasteiger partial charge >= 0.3 is 10.1 Å². The van der Waals surface area contributed by atoms with Gasteiger partial charge in [0.05, 0.1) is 4.92 Å².